The molecule has 0 atom stereocenters. The number of aromatic amines is 1. The van der Waals surface area contributed by atoms with Crippen LogP contribution in [0.15, 0.2) is 24.5 Å². The molecule has 7 nitrogen and oxygen atoms in total. The molecular formula is C17H19N5O2. The number of benzene rings is 1. The summed E-state index contributed by atoms with van der Waals surface area (Å²) in [6.45, 7) is 5.96. The summed E-state index contributed by atoms with van der Waals surface area (Å²) in [6, 6.07) is 6.00. The van der Waals surface area contributed by atoms with Gasteiger partial charge in [-0.05, 0) is 49.6 Å². The molecule has 1 aliphatic rings. The Bertz CT molecular complexity index is 905. The molecule has 0 bridgehead atoms. The molecule has 24 heavy (non-hydrogen) atoms. The van der Waals surface area contributed by atoms with Gasteiger partial charge in [-0.3, -0.25) is 14.7 Å². The van der Waals surface area contributed by atoms with Crippen LogP contribution in [0, 0.1) is 13.8 Å². The average molecular weight is 325 g/mol. The Morgan fingerprint density at radius 2 is 2.12 bits per heavy atom. The molecule has 1 aliphatic heterocycles. The molecule has 0 saturated carbocycles. The van der Waals surface area contributed by atoms with Crippen LogP contribution < -0.4 is 0 Å². The van der Waals surface area contributed by atoms with Gasteiger partial charge in [0.2, 0.25) is 0 Å². The first-order chi connectivity index (χ1) is 11.6. The lowest BCUT2D eigenvalue weighted by molar-refractivity contribution is -0.0771. The Balaban J connectivity index is 1.58. The molecule has 124 valence electrons. The molecule has 1 amide bonds. The fourth-order valence-corrected chi connectivity index (χ4v) is 2.91. The molecule has 1 saturated heterocycles. The smallest absolute Gasteiger partial charge is 0.297 e. The number of hydroxylamine groups is 2. The number of nitrogens with zero attached hydrogens (tertiary/aromatic N) is 4. The zero-order valence-electron chi connectivity index (χ0n) is 13.7. The minimum Gasteiger partial charge on any atom is -0.325 e. The van der Waals surface area contributed by atoms with Gasteiger partial charge >= 0.3 is 0 Å². The number of imidazole rings is 1. The normalized spacial score (nSPS) is 14.7. The van der Waals surface area contributed by atoms with E-state index in [0.29, 0.717) is 25.4 Å². The van der Waals surface area contributed by atoms with E-state index in [1.807, 2.05) is 6.33 Å². The summed E-state index contributed by atoms with van der Waals surface area (Å²) in [4.78, 5) is 22.0. The Kier molecular flexibility index (Phi) is 3.57. The molecule has 3 heterocycles. The first-order valence-electron chi connectivity index (χ1n) is 8.03. The Morgan fingerprint density at radius 3 is 2.92 bits per heavy atom. The fraction of sp³-hybridized carbons (Fsp3) is 0.353. The van der Waals surface area contributed by atoms with E-state index in [9.17, 15) is 4.79 Å². The topological polar surface area (TPSA) is 76.0 Å². The minimum atomic E-state index is -0.197. The maximum atomic E-state index is 12.3. The number of nitrogens with one attached hydrogen (secondary N) is 1. The van der Waals surface area contributed by atoms with Crippen molar-refractivity contribution in [2.75, 3.05) is 13.2 Å². The predicted molar refractivity (Wildman–Crippen MR) is 88.5 cm³/mol. The maximum Gasteiger partial charge on any atom is 0.297 e. The van der Waals surface area contributed by atoms with Crippen LogP contribution in [-0.4, -0.2) is 43.9 Å². The minimum absolute atomic E-state index is 0.197. The first kappa shape index (κ1) is 14.9. The summed E-state index contributed by atoms with van der Waals surface area (Å²) in [5.74, 6) is -0.197. The Hall–Kier alpha value is -2.67. The molecule has 1 aromatic carbocycles. The monoisotopic (exact) mass is 325 g/mol. The molecule has 2 aromatic heterocycles. The van der Waals surface area contributed by atoms with Crippen LogP contribution in [0.1, 0.15) is 33.7 Å². The maximum absolute atomic E-state index is 12.3. The van der Waals surface area contributed by atoms with Crippen molar-refractivity contribution >= 4 is 16.9 Å². The number of rotatable bonds is 3. The molecule has 3 aromatic rings. The van der Waals surface area contributed by atoms with E-state index in [1.54, 1.807) is 6.07 Å². The second-order valence-corrected chi connectivity index (χ2v) is 6.17. The average Bonchev–Trinajstić information content (AvgIpc) is 3.30. The van der Waals surface area contributed by atoms with Crippen LogP contribution in [0.4, 0.5) is 0 Å². The van der Waals surface area contributed by atoms with Gasteiger partial charge in [-0.25, -0.2) is 10.0 Å². The van der Waals surface area contributed by atoms with E-state index in [1.165, 1.54) is 16.2 Å². The lowest BCUT2D eigenvalue weighted by Gasteiger charge is -2.11. The highest BCUT2D eigenvalue weighted by molar-refractivity contribution is 5.91. The Morgan fingerprint density at radius 1 is 1.29 bits per heavy atom. The molecule has 7 heteroatoms. The second-order valence-electron chi connectivity index (χ2n) is 6.17. The zero-order valence-corrected chi connectivity index (χ0v) is 13.7. The van der Waals surface area contributed by atoms with Crippen molar-refractivity contribution < 1.29 is 9.63 Å². The number of hydrogen-bond donors (Lipinski definition) is 1. The van der Waals surface area contributed by atoms with Crippen LogP contribution in [0.3, 0.4) is 0 Å². The van der Waals surface area contributed by atoms with Crippen LogP contribution >= 0.6 is 0 Å². The fourth-order valence-electron chi connectivity index (χ4n) is 2.91. The third-order valence-corrected chi connectivity index (χ3v) is 4.41. The highest BCUT2D eigenvalue weighted by Crippen LogP contribution is 2.19. The van der Waals surface area contributed by atoms with Gasteiger partial charge in [0, 0.05) is 0 Å². The largest absolute Gasteiger partial charge is 0.325 e. The highest BCUT2D eigenvalue weighted by atomic mass is 16.7. The van der Waals surface area contributed by atoms with Gasteiger partial charge in [0.15, 0.2) is 5.69 Å². The van der Waals surface area contributed by atoms with E-state index in [0.717, 1.165) is 23.1 Å². The molecule has 1 N–H and O–H groups in total. The van der Waals surface area contributed by atoms with Crippen molar-refractivity contribution in [2.24, 2.45) is 0 Å². The van der Waals surface area contributed by atoms with Crippen molar-refractivity contribution in [1.82, 2.24) is 24.8 Å². The standard InChI is InChI=1S/C17H19N5O2/c1-11-6-14-16(7-12(11)2)21(10-18-14)9-13-8-15(20-19-13)17(23)22-4-3-5-24-22/h6-8,10H,3-5,9H2,1-2H3,(H,19,20). The molecule has 0 unspecified atom stereocenters. The lowest BCUT2D eigenvalue weighted by atomic mass is 10.1. The molecule has 0 aliphatic carbocycles. The molecule has 0 spiro atoms. The first-order valence-corrected chi connectivity index (χ1v) is 8.03. The molecular weight excluding hydrogens is 306 g/mol. The van der Waals surface area contributed by atoms with Crippen LogP contribution in [0.5, 0.6) is 0 Å². The number of H-pyrrole nitrogens is 1. The van der Waals surface area contributed by atoms with Gasteiger partial charge in [0.25, 0.3) is 5.91 Å². The van der Waals surface area contributed by atoms with Crippen molar-refractivity contribution in [3.63, 3.8) is 0 Å². The van der Waals surface area contributed by atoms with Gasteiger partial charge < -0.3 is 4.57 Å². The van der Waals surface area contributed by atoms with E-state index in [-0.39, 0.29) is 5.91 Å². The lowest BCUT2D eigenvalue weighted by Crippen LogP contribution is -2.26. The van der Waals surface area contributed by atoms with Crippen molar-refractivity contribution in [2.45, 2.75) is 26.8 Å². The number of amides is 1. The third kappa shape index (κ3) is 2.56. The number of carbonyl (C=O) groups excluding carboxylic acids is 1. The summed E-state index contributed by atoms with van der Waals surface area (Å²) < 4.78 is 2.05. The summed E-state index contributed by atoms with van der Waals surface area (Å²) in [5.41, 5.74) is 5.74. The zero-order chi connectivity index (χ0) is 16.7. The second kappa shape index (κ2) is 5.76. The highest BCUT2D eigenvalue weighted by Gasteiger charge is 2.23. The summed E-state index contributed by atoms with van der Waals surface area (Å²) in [5, 5.41) is 8.43. The number of carbonyl (C=O) groups is 1. The van der Waals surface area contributed by atoms with Gasteiger partial charge in [0.05, 0.1) is 42.8 Å². The third-order valence-electron chi connectivity index (χ3n) is 4.41. The van der Waals surface area contributed by atoms with E-state index < -0.39 is 0 Å². The SMILES string of the molecule is Cc1cc2ncn(Cc3cc(C(=O)N4CCCO4)n[nH]3)c2cc1C. The number of hydrogen-bond acceptors (Lipinski definition) is 4. The summed E-state index contributed by atoms with van der Waals surface area (Å²) >= 11 is 0. The Labute approximate surface area is 139 Å². The van der Waals surface area contributed by atoms with Crippen molar-refractivity contribution in [1.29, 1.82) is 0 Å². The number of aromatic nitrogens is 4. The summed E-state index contributed by atoms with van der Waals surface area (Å²) in [7, 11) is 0. The van der Waals surface area contributed by atoms with Crippen LogP contribution in [-0.2, 0) is 11.4 Å². The van der Waals surface area contributed by atoms with E-state index >= 15 is 0 Å². The van der Waals surface area contributed by atoms with E-state index in [4.69, 9.17) is 4.84 Å². The van der Waals surface area contributed by atoms with Gasteiger partial charge in [0.1, 0.15) is 0 Å². The van der Waals surface area contributed by atoms with Crippen molar-refractivity contribution in [3.05, 3.63) is 47.0 Å². The summed E-state index contributed by atoms with van der Waals surface area (Å²) in [6.07, 6.45) is 2.68. The molecule has 0 radical (unpaired) electrons. The van der Waals surface area contributed by atoms with E-state index in [2.05, 4.69) is 45.7 Å². The van der Waals surface area contributed by atoms with Gasteiger partial charge in [-0.1, -0.05) is 0 Å². The van der Waals surface area contributed by atoms with Gasteiger partial charge in [-0.2, -0.15) is 5.10 Å². The van der Waals surface area contributed by atoms with Crippen LogP contribution in [0.2, 0.25) is 0 Å². The predicted octanol–water partition coefficient (Wildman–Crippen LogP) is 2.20. The number of aryl methyl sites for hydroxylation is 2. The quantitative estimate of drug-likeness (QED) is 0.801. The molecule has 1 fully saturated rings. The molecule has 4 rings (SSSR count). The van der Waals surface area contributed by atoms with Crippen LogP contribution in [0.25, 0.3) is 11.0 Å². The van der Waals surface area contributed by atoms with Gasteiger partial charge in [-0.15, -0.1) is 0 Å². The van der Waals surface area contributed by atoms with Crippen molar-refractivity contribution in [3.8, 4) is 0 Å². The number of fused-ring (bicyclic) bond motifs is 1.